The number of oxazole rings is 1. The first-order valence-corrected chi connectivity index (χ1v) is 6.71. The summed E-state index contributed by atoms with van der Waals surface area (Å²) in [5.74, 6) is -3.77. The summed E-state index contributed by atoms with van der Waals surface area (Å²) >= 11 is 0. The molecule has 0 unspecified atom stereocenters. The Morgan fingerprint density at radius 1 is 0.826 bits per heavy atom. The molecule has 1 aromatic heterocycles. The number of fused-ring (bicyclic) bond motifs is 2. The number of benzene rings is 2. The number of carbonyl (C=O) groups excluding carboxylic acids is 2. The van der Waals surface area contributed by atoms with Crippen molar-refractivity contribution in [3.8, 4) is 11.5 Å². The molecule has 1 heterocycles. The summed E-state index contributed by atoms with van der Waals surface area (Å²) in [6.45, 7) is 0. The number of hydrogen-bond acceptors (Lipinski definition) is 4. The number of halogens is 2. The Balaban J connectivity index is 1.92. The number of rotatable bonds is 1. The molecule has 6 heteroatoms. The molecule has 0 amide bonds. The highest BCUT2D eigenvalue weighted by Gasteiger charge is 2.35. The lowest BCUT2D eigenvalue weighted by atomic mass is 9.91. The van der Waals surface area contributed by atoms with Crippen LogP contribution < -0.4 is 0 Å². The molecule has 0 saturated carbocycles. The third-order valence-corrected chi connectivity index (χ3v) is 3.65. The van der Waals surface area contributed by atoms with Gasteiger partial charge in [-0.3, -0.25) is 9.59 Å². The van der Waals surface area contributed by atoms with Gasteiger partial charge in [-0.25, -0.2) is 13.8 Å². The third kappa shape index (κ3) is 1.85. The molecular formula is C17H7F2NO3. The highest BCUT2D eigenvalue weighted by atomic mass is 19.2. The largest absolute Gasteiger partial charge is 0.432 e. The zero-order chi connectivity index (χ0) is 16.1. The van der Waals surface area contributed by atoms with Gasteiger partial charge in [0.05, 0.1) is 5.56 Å². The van der Waals surface area contributed by atoms with Crippen LogP contribution in [0.25, 0.3) is 11.5 Å². The van der Waals surface area contributed by atoms with Crippen molar-refractivity contribution in [2.24, 2.45) is 0 Å². The van der Waals surface area contributed by atoms with Gasteiger partial charge in [0.1, 0.15) is 0 Å². The molecule has 4 nitrogen and oxygen atoms in total. The van der Waals surface area contributed by atoms with E-state index in [1.165, 1.54) is 24.3 Å². The van der Waals surface area contributed by atoms with Gasteiger partial charge in [-0.2, -0.15) is 0 Å². The number of aromatic nitrogens is 1. The highest BCUT2D eigenvalue weighted by Crippen LogP contribution is 2.32. The average molecular weight is 311 g/mol. The van der Waals surface area contributed by atoms with Crippen molar-refractivity contribution in [1.82, 2.24) is 4.98 Å². The van der Waals surface area contributed by atoms with Gasteiger partial charge in [-0.1, -0.05) is 30.3 Å². The molecule has 0 spiro atoms. The summed E-state index contributed by atoms with van der Waals surface area (Å²) in [7, 11) is 0. The molecule has 0 saturated heterocycles. The van der Waals surface area contributed by atoms with Crippen LogP contribution in [-0.2, 0) is 0 Å². The predicted molar refractivity (Wildman–Crippen MR) is 75.2 cm³/mol. The van der Waals surface area contributed by atoms with Gasteiger partial charge in [0.15, 0.2) is 17.3 Å². The minimum Gasteiger partial charge on any atom is -0.432 e. The Kier molecular flexibility index (Phi) is 2.74. The fourth-order valence-corrected chi connectivity index (χ4v) is 2.54. The van der Waals surface area contributed by atoms with Gasteiger partial charge in [0.25, 0.3) is 0 Å². The van der Waals surface area contributed by atoms with Gasteiger partial charge in [-0.05, 0) is 12.1 Å². The molecule has 1 aliphatic carbocycles. The second kappa shape index (κ2) is 4.67. The maximum Gasteiger partial charge on any atom is 0.231 e. The van der Waals surface area contributed by atoms with Crippen LogP contribution in [0.5, 0.6) is 0 Å². The predicted octanol–water partition coefficient (Wildman–Crippen LogP) is 3.40. The van der Waals surface area contributed by atoms with Crippen LogP contribution >= 0.6 is 0 Å². The van der Waals surface area contributed by atoms with Crippen molar-refractivity contribution >= 4 is 11.6 Å². The van der Waals surface area contributed by atoms with Crippen LogP contribution in [0.4, 0.5) is 8.78 Å². The first-order valence-electron chi connectivity index (χ1n) is 6.71. The summed E-state index contributed by atoms with van der Waals surface area (Å²) in [6.07, 6.45) is 0. The molecule has 0 radical (unpaired) electrons. The molecule has 0 N–H and O–H groups in total. The number of ketones is 2. The summed E-state index contributed by atoms with van der Waals surface area (Å²) in [5.41, 5.74) is -0.0200. The second-order valence-electron chi connectivity index (χ2n) is 5.00. The molecular weight excluding hydrogens is 304 g/mol. The van der Waals surface area contributed by atoms with Gasteiger partial charge >= 0.3 is 0 Å². The number of hydrogen-bond donors (Lipinski definition) is 0. The van der Waals surface area contributed by atoms with Crippen molar-refractivity contribution in [1.29, 1.82) is 0 Å². The zero-order valence-corrected chi connectivity index (χ0v) is 11.5. The Morgan fingerprint density at radius 3 is 2.22 bits per heavy atom. The lowest BCUT2D eigenvalue weighted by Gasteiger charge is -2.10. The molecule has 1 aliphatic rings. The van der Waals surface area contributed by atoms with Gasteiger partial charge in [0, 0.05) is 11.1 Å². The summed E-state index contributed by atoms with van der Waals surface area (Å²) in [5, 5.41) is 0. The quantitative estimate of drug-likeness (QED) is 0.540. The van der Waals surface area contributed by atoms with Gasteiger partial charge in [0.2, 0.25) is 23.2 Å². The van der Waals surface area contributed by atoms with Crippen molar-refractivity contribution in [2.45, 2.75) is 0 Å². The molecule has 2 aromatic carbocycles. The Morgan fingerprint density at radius 2 is 1.48 bits per heavy atom. The minimum atomic E-state index is -1.15. The van der Waals surface area contributed by atoms with E-state index in [-0.39, 0.29) is 34.0 Å². The molecule has 0 bridgehead atoms. The van der Waals surface area contributed by atoms with E-state index in [0.717, 1.165) is 6.07 Å². The lowest BCUT2D eigenvalue weighted by molar-refractivity contribution is 0.0959. The fourth-order valence-electron chi connectivity index (χ4n) is 2.54. The topological polar surface area (TPSA) is 60.2 Å². The zero-order valence-electron chi connectivity index (χ0n) is 11.5. The number of nitrogens with zero attached hydrogens (tertiary/aromatic N) is 1. The summed E-state index contributed by atoms with van der Waals surface area (Å²) in [4.78, 5) is 28.7. The van der Waals surface area contributed by atoms with E-state index in [2.05, 4.69) is 4.98 Å². The summed E-state index contributed by atoms with van der Waals surface area (Å²) in [6, 6.07) is 9.76. The fraction of sp³-hybridized carbons (Fsp3) is 0. The third-order valence-electron chi connectivity index (χ3n) is 3.65. The maximum atomic E-state index is 13.9. The SMILES string of the molecule is O=C1c2ccccc2C(=O)c2oc(-c3cccc(F)c3F)nc21. The first-order chi connectivity index (χ1) is 11.1. The van der Waals surface area contributed by atoms with E-state index in [9.17, 15) is 18.4 Å². The van der Waals surface area contributed by atoms with E-state index in [4.69, 9.17) is 4.42 Å². The van der Waals surface area contributed by atoms with Gasteiger partial charge in [-0.15, -0.1) is 0 Å². The van der Waals surface area contributed by atoms with Crippen LogP contribution in [0.2, 0.25) is 0 Å². The normalized spacial score (nSPS) is 13.0. The smallest absolute Gasteiger partial charge is 0.231 e. The van der Waals surface area contributed by atoms with Crippen LogP contribution in [0, 0.1) is 11.6 Å². The molecule has 0 atom stereocenters. The molecule has 23 heavy (non-hydrogen) atoms. The van der Waals surface area contributed by atoms with E-state index >= 15 is 0 Å². The van der Waals surface area contributed by atoms with Crippen molar-refractivity contribution in [3.63, 3.8) is 0 Å². The lowest BCUT2D eigenvalue weighted by Crippen LogP contribution is -2.19. The van der Waals surface area contributed by atoms with E-state index in [0.29, 0.717) is 0 Å². The molecule has 0 fully saturated rings. The molecule has 112 valence electrons. The highest BCUT2D eigenvalue weighted by molar-refractivity contribution is 6.26. The maximum absolute atomic E-state index is 13.9. The van der Waals surface area contributed by atoms with Crippen molar-refractivity contribution in [2.75, 3.05) is 0 Å². The van der Waals surface area contributed by atoms with E-state index in [1.807, 2.05) is 0 Å². The van der Waals surface area contributed by atoms with Crippen molar-refractivity contribution < 1.29 is 22.8 Å². The van der Waals surface area contributed by atoms with E-state index in [1.54, 1.807) is 12.1 Å². The molecule has 3 aromatic rings. The average Bonchev–Trinajstić information content (AvgIpc) is 3.01. The van der Waals surface area contributed by atoms with Gasteiger partial charge < -0.3 is 4.42 Å². The summed E-state index contributed by atoms with van der Waals surface area (Å²) < 4.78 is 32.5. The van der Waals surface area contributed by atoms with Crippen LogP contribution in [-0.4, -0.2) is 16.6 Å². The molecule has 4 rings (SSSR count). The van der Waals surface area contributed by atoms with Crippen LogP contribution in [0.3, 0.4) is 0 Å². The Hall–Kier alpha value is -3.15. The Bertz CT molecular complexity index is 939. The monoisotopic (exact) mass is 311 g/mol. The van der Waals surface area contributed by atoms with Crippen LogP contribution in [0.15, 0.2) is 46.9 Å². The second-order valence-corrected chi connectivity index (χ2v) is 5.00. The Labute approximate surface area is 128 Å². The van der Waals surface area contributed by atoms with Crippen LogP contribution in [0.1, 0.15) is 32.2 Å². The number of carbonyl (C=O) groups is 2. The minimum absolute atomic E-state index is 0.188. The van der Waals surface area contributed by atoms with E-state index < -0.39 is 23.2 Å². The van der Waals surface area contributed by atoms with Crippen molar-refractivity contribution in [3.05, 3.63) is 76.7 Å². The standard InChI is InChI=1S/C17H7F2NO3/c18-11-7-3-6-10(12(11)19)17-20-13-14(21)8-4-1-2-5-9(8)15(22)16(13)23-17/h1-7H. The molecule has 0 aliphatic heterocycles. The first kappa shape index (κ1) is 13.5.